The van der Waals surface area contributed by atoms with Gasteiger partial charge in [-0.3, -0.25) is 4.79 Å². The summed E-state index contributed by atoms with van der Waals surface area (Å²) in [6.45, 7) is 0. The Bertz CT molecular complexity index is 961. The van der Waals surface area contributed by atoms with Gasteiger partial charge < -0.3 is 11.1 Å². The van der Waals surface area contributed by atoms with Crippen molar-refractivity contribution in [2.75, 3.05) is 0 Å². The molecule has 2 aromatic rings. The standard InChI is InChI=1S/C21H26F5N5O/c22-20(23)6-3-12(4-7-20)18(27)15-11-31-16(29-15)9-14(10-28-31)19(13-1-2-13)30-17(32)5-8-21(24,25)26/h9-13,18-19H,1-8,27H2,(H,30,32)/t18-,19+/m0/s1. The van der Waals surface area contributed by atoms with E-state index in [4.69, 9.17) is 5.73 Å². The second-order valence-electron chi connectivity index (χ2n) is 8.97. The maximum atomic E-state index is 13.4. The molecule has 32 heavy (non-hydrogen) atoms. The number of nitrogens with two attached hydrogens (primary N) is 1. The van der Waals surface area contributed by atoms with E-state index in [2.05, 4.69) is 15.4 Å². The SMILES string of the molecule is N[C@H](c1cn2ncc([C@H](NC(=O)CCC(F)(F)F)C3CC3)cc2n1)C1CCC(F)(F)CC1. The third-order valence-electron chi connectivity index (χ3n) is 6.38. The van der Waals surface area contributed by atoms with Crippen molar-refractivity contribution < 1.29 is 26.7 Å². The second kappa shape index (κ2) is 8.57. The Balaban J connectivity index is 1.47. The molecule has 2 heterocycles. The van der Waals surface area contributed by atoms with Crippen molar-refractivity contribution in [3.05, 3.63) is 29.7 Å². The fraction of sp³-hybridized carbons (Fsp3) is 0.667. The van der Waals surface area contributed by atoms with Crippen LogP contribution in [0.4, 0.5) is 22.0 Å². The van der Waals surface area contributed by atoms with Crippen molar-refractivity contribution in [2.45, 2.75) is 75.5 Å². The zero-order valence-electron chi connectivity index (χ0n) is 17.4. The third-order valence-corrected chi connectivity index (χ3v) is 6.38. The molecule has 2 aliphatic carbocycles. The summed E-state index contributed by atoms with van der Waals surface area (Å²) in [5.41, 5.74) is 8.03. The highest BCUT2D eigenvalue weighted by molar-refractivity contribution is 5.76. The van der Waals surface area contributed by atoms with Gasteiger partial charge in [-0.1, -0.05) is 0 Å². The molecule has 6 nitrogen and oxygen atoms in total. The number of nitrogens with zero attached hydrogens (tertiary/aromatic N) is 3. The summed E-state index contributed by atoms with van der Waals surface area (Å²) in [6.07, 6.45) is -0.903. The Labute approximate surface area is 181 Å². The largest absolute Gasteiger partial charge is 0.389 e. The van der Waals surface area contributed by atoms with Gasteiger partial charge in [0.25, 0.3) is 0 Å². The predicted octanol–water partition coefficient (Wildman–Crippen LogP) is 4.46. The summed E-state index contributed by atoms with van der Waals surface area (Å²) in [4.78, 5) is 16.6. The van der Waals surface area contributed by atoms with Crippen molar-refractivity contribution in [3.63, 3.8) is 0 Å². The minimum Gasteiger partial charge on any atom is -0.349 e. The van der Waals surface area contributed by atoms with Crippen molar-refractivity contribution in [2.24, 2.45) is 17.6 Å². The normalized spacial score (nSPS) is 21.4. The van der Waals surface area contributed by atoms with E-state index in [1.54, 1.807) is 18.5 Å². The molecule has 0 bridgehead atoms. The van der Waals surface area contributed by atoms with Crippen molar-refractivity contribution in [1.82, 2.24) is 19.9 Å². The lowest BCUT2D eigenvalue weighted by molar-refractivity contribution is -0.144. The Morgan fingerprint density at radius 3 is 2.53 bits per heavy atom. The van der Waals surface area contributed by atoms with Crippen LogP contribution in [0.15, 0.2) is 18.5 Å². The van der Waals surface area contributed by atoms with Gasteiger partial charge in [-0.2, -0.15) is 18.3 Å². The number of aromatic nitrogens is 3. The van der Waals surface area contributed by atoms with Crippen LogP contribution < -0.4 is 11.1 Å². The number of carbonyl (C=O) groups excluding carboxylic acids is 1. The molecule has 2 saturated carbocycles. The summed E-state index contributed by atoms with van der Waals surface area (Å²) in [7, 11) is 0. The first-order valence-corrected chi connectivity index (χ1v) is 10.9. The smallest absolute Gasteiger partial charge is 0.349 e. The lowest BCUT2D eigenvalue weighted by Crippen LogP contribution is -2.31. The Morgan fingerprint density at radius 2 is 1.91 bits per heavy atom. The highest BCUT2D eigenvalue weighted by Crippen LogP contribution is 2.42. The second-order valence-corrected chi connectivity index (χ2v) is 8.97. The lowest BCUT2D eigenvalue weighted by atomic mass is 9.81. The molecule has 176 valence electrons. The summed E-state index contributed by atoms with van der Waals surface area (Å²) in [5, 5.41) is 7.03. The monoisotopic (exact) mass is 459 g/mol. The van der Waals surface area contributed by atoms with Crippen molar-refractivity contribution in [1.29, 1.82) is 0 Å². The average molecular weight is 459 g/mol. The molecule has 0 saturated heterocycles. The summed E-state index contributed by atoms with van der Waals surface area (Å²) < 4.78 is 65.7. The maximum absolute atomic E-state index is 13.4. The number of halogens is 5. The van der Waals surface area contributed by atoms with Crippen LogP contribution in [-0.2, 0) is 4.79 Å². The number of fused-ring (bicyclic) bond motifs is 1. The van der Waals surface area contributed by atoms with Crippen molar-refractivity contribution in [3.8, 4) is 0 Å². The van der Waals surface area contributed by atoms with E-state index in [0.717, 1.165) is 12.8 Å². The molecule has 3 N–H and O–H groups in total. The van der Waals surface area contributed by atoms with Crippen LogP contribution in [0.25, 0.3) is 5.65 Å². The molecular formula is C21H26F5N5O. The molecule has 2 aromatic heterocycles. The van der Waals surface area contributed by atoms with E-state index in [9.17, 15) is 26.7 Å². The summed E-state index contributed by atoms with van der Waals surface area (Å²) in [6, 6.07) is 0.825. The molecule has 2 atom stereocenters. The van der Waals surface area contributed by atoms with Crippen LogP contribution >= 0.6 is 0 Å². The fourth-order valence-corrected chi connectivity index (χ4v) is 4.31. The molecule has 0 aromatic carbocycles. The van der Waals surface area contributed by atoms with E-state index < -0.39 is 42.9 Å². The first kappa shape index (κ1) is 22.9. The van der Waals surface area contributed by atoms with Crippen LogP contribution in [0, 0.1) is 11.8 Å². The highest BCUT2D eigenvalue weighted by atomic mass is 19.4. The molecule has 11 heteroatoms. The fourth-order valence-electron chi connectivity index (χ4n) is 4.31. The minimum absolute atomic E-state index is 0.0915. The Kier molecular flexibility index (Phi) is 6.12. The number of nitrogens with one attached hydrogen (secondary N) is 1. The van der Waals surface area contributed by atoms with Gasteiger partial charge in [0.15, 0.2) is 5.65 Å². The maximum Gasteiger partial charge on any atom is 0.389 e. The number of imidazole rings is 1. The Hall–Kier alpha value is -2.30. The molecule has 0 radical (unpaired) electrons. The van der Waals surface area contributed by atoms with E-state index >= 15 is 0 Å². The molecular weight excluding hydrogens is 433 g/mol. The van der Waals surface area contributed by atoms with Gasteiger partial charge in [0.1, 0.15) is 0 Å². The summed E-state index contributed by atoms with van der Waals surface area (Å²) in [5.74, 6) is -3.23. The van der Waals surface area contributed by atoms with Gasteiger partial charge in [0, 0.05) is 19.3 Å². The quantitative estimate of drug-likeness (QED) is 0.599. The third kappa shape index (κ3) is 5.54. The number of rotatable bonds is 7. The molecule has 1 amide bonds. The van der Waals surface area contributed by atoms with E-state index in [-0.39, 0.29) is 24.7 Å². The number of carbonyl (C=O) groups is 1. The highest BCUT2D eigenvalue weighted by Gasteiger charge is 2.38. The zero-order chi connectivity index (χ0) is 23.1. The van der Waals surface area contributed by atoms with Gasteiger partial charge in [-0.15, -0.1) is 0 Å². The number of amides is 1. The average Bonchev–Trinajstić information content (AvgIpc) is 3.47. The van der Waals surface area contributed by atoms with E-state index in [0.29, 0.717) is 29.7 Å². The van der Waals surface area contributed by atoms with Gasteiger partial charge in [-0.25, -0.2) is 18.3 Å². The van der Waals surface area contributed by atoms with Crippen LogP contribution in [-0.4, -0.2) is 32.6 Å². The van der Waals surface area contributed by atoms with Gasteiger partial charge >= 0.3 is 6.18 Å². The Morgan fingerprint density at radius 1 is 1.22 bits per heavy atom. The van der Waals surface area contributed by atoms with Crippen LogP contribution in [0.2, 0.25) is 0 Å². The van der Waals surface area contributed by atoms with E-state index in [1.807, 2.05) is 0 Å². The molecule has 0 spiro atoms. The minimum atomic E-state index is -4.38. The van der Waals surface area contributed by atoms with Gasteiger partial charge in [0.2, 0.25) is 11.8 Å². The first-order valence-electron chi connectivity index (χ1n) is 10.9. The summed E-state index contributed by atoms with van der Waals surface area (Å²) >= 11 is 0. The van der Waals surface area contributed by atoms with E-state index in [1.165, 1.54) is 4.52 Å². The van der Waals surface area contributed by atoms with Crippen LogP contribution in [0.5, 0.6) is 0 Å². The van der Waals surface area contributed by atoms with Gasteiger partial charge in [-0.05, 0) is 49.1 Å². The molecule has 2 fully saturated rings. The van der Waals surface area contributed by atoms with Gasteiger partial charge in [0.05, 0.1) is 36.6 Å². The topological polar surface area (TPSA) is 85.3 Å². The number of hydrogen-bond donors (Lipinski definition) is 2. The number of hydrogen-bond acceptors (Lipinski definition) is 4. The lowest BCUT2D eigenvalue weighted by Gasteiger charge is -2.31. The molecule has 0 aliphatic heterocycles. The molecule has 0 unspecified atom stereocenters. The van der Waals surface area contributed by atoms with Crippen LogP contribution in [0.1, 0.15) is 74.7 Å². The van der Waals surface area contributed by atoms with Crippen LogP contribution in [0.3, 0.4) is 0 Å². The molecule has 4 rings (SSSR count). The molecule has 2 aliphatic rings. The van der Waals surface area contributed by atoms with Crippen molar-refractivity contribution >= 4 is 11.6 Å². The first-order chi connectivity index (χ1) is 15.0. The number of alkyl halides is 5. The zero-order valence-corrected chi connectivity index (χ0v) is 17.4. The predicted molar refractivity (Wildman–Crippen MR) is 106 cm³/mol.